The molecular formula is C22H20N2OS2. The lowest BCUT2D eigenvalue weighted by Gasteiger charge is -2.03. The average molecular weight is 393 g/mol. The van der Waals surface area contributed by atoms with Crippen LogP contribution in [-0.4, -0.2) is 16.6 Å². The molecule has 0 fully saturated rings. The van der Waals surface area contributed by atoms with Crippen LogP contribution in [0.25, 0.3) is 32.5 Å². The molecule has 0 aliphatic carbocycles. The van der Waals surface area contributed by atoms with Crippen LogP contribution < -0.4 is 4.74 Å². The van der Waals surface area contributed by atoms with Crippen LogP contribution in [0.4, 0.5) is 0 Å². The van der Waals surface area contributed by atoms with E-state index in [2.05, 4.69) is 42.8 Å². The quantitative estimate of drug-likeness (QED) is 0.383. The van der Waals surface area contributed by atoms with Gasteiger partial charge in [-0.2, -0.15) is 0 Å². The fourth-order valence-corrected chi connectivity index (χ4v) is 4.69. The molecule has 0 aliphatic rings. The second-order valence-electron chi connectivity index (χ2n) is 6.35. The maximum absolute atomic E-state index is 5.51. The summed E-state index contributed by atoms with van der Waals surface area (Å²) in [6.07, 6.45) is 0. The first-order chi connectivity index (χ1) is 13.1. The van der Waals surface area contributed by atoms with E-state index in [9.17, 15) is 0 Å². The van der Waals surface area contributed by atoms with E-state index in [-0.39, 0.29) is 0 Å². The molecule has 4 rings (SSSR count). The van der Waals surface area contributed by atoms with Crippen molar-refractivity contribution < 1.29 is 4.74 Å². The second kappa shape index (κ2) is 7.62. The third kappa shape index (κ3) is 3.80. The number of thiazole rings is 2. The first-order valence-electron chi connectivity index (χ1n) is 8.86. The number of ether oxygens (including phenoxy) is 1. The second-order valence-corrected chi connectivity index (χ2v) is 8.07. The summed E-state index contributed by atoms with van der Waals surface area (Å²) in [5, 5.41) is 6.13. The van der Waals surface area contributed by atoms with Crippen LogP contribution in [0.2, 0.25) is 0 Å². The highest BCUT2D eigenvalue weighted by Crippen LogP contribution is 2.34. The average Bonchev–Trinajstić information content (AvgIpc) is 3.32. The first-order valence-corrected chi connectivity index (χ1v) is 10.6. The van der Waals surface area contributed by atoms with Crippen LogP contribution in [0.1, 0.15) is 18.1 Å². The lowest BCUT2D eigenvalue weighted by atomic mass is 10.0. The van der Waals surface area contributed by atoms with E-state index in [1.807, 2.05) is 31.2 Å². The van der Waals surface area contributed by atoms with Crippen molar-refractivity contribution in [2.45, 2.75) is 20.8 Å². The summed E-state index contributed by atoms with van der Waals surface area (Å²) in [5.74, 6) is 0.884. The Bertz CT molecular complexity index is 1060. The number of rotatable bonds is 5. The standard InChI is InChI=1S/C22H20N2OS2/c1-4-25-17-8-6-16(7-9-17)19-12-26-21(23-19)22-24-20(13-27-22)18-10-5-14(2)11-15(18)3/h5-13H,4H2,1-3H3. The first kappa shape index (κ1) is 17.9. The molecule has 0 atom stereocenters. The summed E-state index contributed by atoms with van der Waals surface area (Å²) in [4.78, 5) is 9.63. The van der Waals surface area contributed by atoms with Crippen molar-refractivity contribution in [3.63, 3.8) is 0 Å². The Morgan fingerprint density at radius 1 is 0.852 bits per heavy atom. The van der Waals surface area contributed by atoms with E-state index in [0.29, 0.717) is 6.61 Å². The number of nitrogens with zero attached hydrogens (tertiary/aromatic N) is 2. The molecule has 2 heterocycles. The van der Waals surface area contributed by atoms with Gasteiger partial charge in [0.05, 0.1) is 18.0 Å². The Balaban J connectivity index is 1.59. The van der Waals surface area contributed by atoms with Gasteiger partial charge in [-0.1, -0.05) is 23.8 Å². The van der Waals surface area contributed by atoms with Gasteiger partial charge in [0, 0.05) is 21.9 Å². The summed E-state index contributed by atoms with van der Waals surface area (Å²) in [7, 11) is 0. The predicted molar refractivity (Wildman–Crippen MR) is 115 cm³/mol. The van der Waals surface area contributed by atoms with Gasteiger partial charge in [-0.15, -0.1) is 22.7 Å². The van der Waals surface area contributed by atoms with Crippen molar-refractivity contribution in [1.29, 1.82) is 0 Å². The van der Waals surface area contributed by atoms with Gasteiger partial charge < -0.3 is 4.74 Å². The number of benzene rings is 2. The normalized spacial score (nSPS) is 10.9. The lowest BCUT2D eigenvalue weighted by molar-refractivity contribution is 0.340. The number of aryl methyl sites for hydroxylation is 2. The van der Waals surface area contributed by atoms with Crippen molar-refractivity contribution >= 4 is 22.7 Å². The van der Waals surface area contributed by atoms with Crippen LogP contribution in [0, 0.1) is 13.8 Å². The molecule has 5 heteroatoms. The minimum absolute atomic E-state index is 0.674. The Morgan fingerprint density at radius 2 is 1.52 bits per heavy atom. The highest BCUT2D eigenvalue weighted by Gasteiger charge is 2.13. The molecule has 0 aliphatic heterocycles. The minimum atomic E-state index is 0.674. The van der Waals surface area contributed by atoms with Gasteiger partial charge in [0.15, 0.2) is 10.0 Å². The van der Waals surface area contributed by atoms with E-state index in [1.54, 1.807) is 22.7 Å². The van der Waals surface area contributed by atoms with Crippen LogP contribution in [-0.2, 0) is 0 Å². The third-order valence-corrected chi connectivity index (χ3v) is 6.14. The molecule has 0 saturated carbocycles. The minimum Gasteiger partial charge on any atom is -0.494 e. The number of hydrogen-bond acceptors (Lipinski definition) is 5. The van der Waals surface area contributed by atoms with Gasteiger partial charge >= 0.3 is 0 Å². The topological polar surface area (TPSA) is 35.0 Å². The summed E-state index contributed by atoms with van der Waals surface area (Å²) >= 11 is 3.28. The van der Waals surface area contributed by atoms with Gasteiger partial charge in [0.1, 0.15) is 5.75 Å². The molecule has 2 aromatic carbocycles. The molecule has 3 nitrogen and oxygen atoms in total. The van der Waals surface area contributed by atoms with Gasteiger partial charge in [-0.3, -0.25) is 0 Å². The van der Waals surface area contributed by atoms with Crippen LogP contribution in [0.3, 0.4) is 0 Å². The fourth-order valence-electron chi connectivity index (χ4n) is 2.99. The van der Waals surface area contributed by atoms with Crippen molar-refractivity contribution in [2.75, 3.05) is 6.61 Å². The molecule has 0 N–H and O–H groups in total. The summed E-state index contributed by atoms with van der Waals surface area (Å²) in [6.45, 7) is 6.91. The van der Waals surface area contributed by atoms with Crippen molar-refractivity contribution in [3.05, 3.63) is 64.4 Å². The molecule has 0 unspecified atom stereocenters. The SMILES string of the molecule is CCOc1ccc(-c2csc(-c3nc(-c4ccc(C)cc4C)cs3)n2)cc1. The van der Waals surface area contributed by atoms with E-state index in [4.69, 9.17) is 14.7 Å². The van der Waals surface area contributed by atoms with Crippen LogP contribution >= 0.6 is 22.7 Å². The Kier molecular flexibility index (Phi) is 5.05. The number of hydrogen-bond donors (Lipinski definition) is 0. The van der Waals surface area contributed by atoms with Crippen LogP contribution in [0.15, 0.2) is 53.2 Å². The van der Waals surface area contributed by atoms with Crippen LogP contribution in [0.5, 0.6) is 5.75 Å². The highest BCUT2D eigenvalue weighted by atomic mass is 32.1. The zero-order valence-corrected chi connectivity index (χ0v) is 17.2. The zero-order chi connectivity index (χ0) is 18.8. The fraction of sp³-hybridized carbons (Fsp3) is 0.182. The molecule has 0 saturated heterocycles. The van der Waals surface area contributed by atoms with Crippen molar-refractivity contribution in [3.8, 4) is 38.3 Å². The molecular weight excluding hydrogens is 372 g/mol. The van der Waals surface area contributed by atoms with E-state index < -0.39 is 0 Å². The molecule has 0 radical (unpaired) electrons. The Labute approximate surface area is 167 Å². The molecule has 136 valence electrons. The summed E-state index contributed by atoms with van der Waals surface area (Å²) in [6, 6.07) is 14.5. The summed E-state index contributed by atoms with van der Waals surface area (Å²) in [5.41, 5.74) is 6.79. The summed E-state index contributed by atoms with van der Waals surface area (Å²) < 4.78 is 5.51. The molecule has 4 aromatic rings. The van der Waals surface area contributed by atoms with Crippen molar-refractivity contribution in [1.82, 2.24) is 9.97 Å². The third-order valence-electron chi connectivity index (χ3n) is 4.31. The largest absolute Gasteiger partial charge is 0.494 e. The molecule has 2 aromatic heterocycles. The van der Waals surface area contributed by atoms with E-state index in [0.717, 1.165) is 32.7 Å². The Morgan fingerprint density at radius 3 is 2.19 bits per heavy atom. The van der Waals surface area contributed by atoms with Gasteiger partial charge in [-0.05, 0) is 50.6 Å². The predicted octanol–water partition coefficient (Wildman–Crippen LogP) is 6.62. The van der Waals surface area contributed by atoms with Gasteiger partial charge in [0.25, 0.3) is 0 Å². The van der Waals surface area contributed by atoms with E-state index in [1.165, 1.54) is 16.7 Å². The smallest absolute Gasteiger partial charge is 0.152 e. The zero-order valence-electron chi connectivity index (χ0n) is 15.5. The molecule has 0 bridgehead atoms. The molecule has 0 spiro atoms. The maximum Gasteiger partial charge on any atom is 0.152 e. The molecule has 0 amide bonds. The molecule has 27 heavy (non-hydrogen) atoms. The monoisotopic (exact) mass is 392 g/mol. The highest BCUT2D eigenvalue weighted by molar-refractivity contribution is 7.20. The van der Waals surface area contributed by atoms with Crippen molar-refractivity contribution in [2.24, 2.45) is 0 Å². The van der Waals surface area contributed by atoms with Gasteiger partial charge in [-0.25, -0.2) is 9.97 Å². The lowest BCUT2D eigenvalue weighted by Crippen LogP contribution is -1.90. The van der Waals surface area contributed by atoms with E-state index >= 15 is 0 Å². The Hall–Kier alpha value is -2.50. The van der Waals surface area contributed by atoms with Gasteiger partial charge in [0.2, 0.25) is 0 Å². The maximum atomic E-state index is 5.51. The number of aromatic nitrogens is 2.